The van der Waals surface area contributed by atoms with Crippen LogP contribution in [0.1, 0.15) is 11.3 Å². The molecule has 0 spiro atoms. The number of nitrogens with zero attached hydrogens (tertiary/aromatic N) is 2. The summed E-state index contributed by atoms with van der Waals surface area (Å²) in [4.78, 5) is 12.0. The lowest BCUT2D eigenvalue weighted by Crippen LogP contribution is -2.18. The van der Waals surface area contributed by atoms with Crippen molar-refractivity contribution >= 4 is 29.0 Å². The van der Waals surface area contributed by atoms with Crippen LogP contribution in [0.15, 0.2) is 18.2 Å². The molecule has 0 fully saturated rings. The Balaban J connectivity index is 2.18. The summed E-state index contributed by atoms with van der Waals surface area (Å²) >= 11 is 5.88. The molecule has 1 aromatic carbocycles. The molecule has 106 valence electrons. The number of nitrogens with one attached hydrogen (secondary N) is 1. The molecule has 0 bridgehead atoms. The summed E-state index contributed by atoms with van der Waals surface area (Å²) in [5.41, 5.74) is 6.97. The molecule has 0 radical (unpaired) electrons. The Morgan fingerprint density at radius 1 is 1.55 bits per heavy atom. The third-order valence-corrected chi connectivity index (χ3v) is 3.28. The summed E-state index contributed by atoms with van der Waals surface area (Å²) in [6, 6.07) is 4.29. The number of anilines is 2. The topological polar surface area (TPSA) is 72.9 Å². The molecule has 0 aliphatic heterocycles. The molecule has 0 atom stereocenters. The van der Waals surface area contributed by atoms with Crippen LogP contribution in [0.2, 0.25) is 5.02 Å². The first-order valence-electron chi connectivity index (χ1n) is 5.92. The number of benzene rings is 1. The molecule has 1 heterocycles. The van der Waals surface area contributed by atoms with E-state index in [2.05, 4.69) is 10.4 Å². The summed E-state index contributed by atoms with van der Waals surface area (Å²) in [7, 11) is 1.66. The highest BCUT2D eigenvalue weighted by Gasteiger charge is 2.16. The fraction of sp³-hybridized carbons (Fsp3) is 0.231. The van der Waals surface area contributed by atoms with Gasteiger partial charge < -0.3 is 11.1 Å². The van der Waals surface area contributed by atoms with Crippen LogP contribution in [-0.2, 0) is 18.3 Å². The summed E-state index contributed by atoms with van der Waals surface area (Å²) in [6.07, 6.45) is -0.171. The van der Waals surface area contributed by atoms with Crippen LogP contribution >= 0.6 is 11.6 Å². The molecule has 2 rings (SSSR count). The molecule has 0 saturated carbocycles. The van der Waals surface area contributed by atoms with Crippen molar-refractivity contribution < 1.29 is 9.18 Å². The number of halogens is 2. The van der Waals surface area contributed by atoms with Crippen molar-refractivity contribution in [3.63, 3.8) is 0 Å². The second-order valence-electron chi connectivity index (χ2n) is 4.40. The maximum atomic E-state index is 13.6. The van der Waals surface area contributed by atoms with Gasteiger partial charge in [0.05, 0.1) is 17.8 Å². The lowest BCUT2D eigenvalue weighted by atomic mass is 10.1. The number of carbonyl (C=O) groups excluding carboxylic acids is 1. The van der Waals surface area contributed by atoms with Gasteiger partial charge in [-0.25, -0.2) is 4.39 Å². The van der Waals surface area contributed by atoms with Crippen molar-refractivity contribution in [2.24, 2.45) is 7.05 Å². The average Bonchev–Trinajstić information content (AvgIpc) is 2.61. The van der Waals surface area contributed by atoms with E-state index in [1.165, 1.54) is 22.9 Å². The minimum Gasteiger partial charge on any atom is -0.394 e. The van der Waals surface area contributed by atoms with Gasteiger partial charge in [-0.05, 0) is 19.1 Å². The molecular formula is C13H14ClFN4O. The largest absolute Gasteiger partial charge is 0.394 e. The zero-order valence-electron chi connectivity index (χ0n) is 11.1. The summed E-state index contributed by atoms with van der Waals surface area (Å²) < 4.78 is 15.1. The van der Waals surface area contributed by atoms with Crippen LogP contribution in [0.25, 0.3) is 0 Å². The molecular weight excluding hydrogens is 283 g/mol. The normalized spacial score (nSPS) is 10.6. The number of hydrogen-bond donors (Lipinski definition) is 2. The van der Waals surface area contributed by atoms with Gasteiger partial charge in [-0.15, -0.1) is 0 Å². The van der Waals surface area contributed by atoms with Crippen LogP contribution in [0.4, 0.5) is 15.9 Å². The highest BCUT2D eigenvalue weighted by molar-refractivity contribution is 6.31. The predicted octanol–water partition coefficient (Wildman–Crippen LogP) is 2.28. The predicted molar refractivity (Wildman–Crippen MR) is 76.1 cm³/mol. The first kappa shape index (κ1) is 14.3. The Kier molecular flexibility index (Phi) is 3.94. The second-order valence-corrected chi connectivity index (χ2v) is 4.80. The van der Waals surface area contributed by atoms with Crippen molar-refractivity contribution in [2.45, 2.75) is 13.3 Å². The number of nitrogens with two attached hydrogens (primary N) is 1. The summed E-state index contributed by atoms with van der Waals surface area (Å²) in [5, 5.41) is 6.91. The van der Waals surface area contributed by atoms with Gasteiger partial charge >= 0.3 is 0 Å². The Labute approximate surface area is 120 Å². The van der Waals surface area contributed by atoms with Gasteiger partial charge in [0.2, 0.25) is 5.91 Å². The van der Waals surface area contributed by atoms with Gasteiger partial charge in [-0.2, -0.15) is 5.10 Å². The summed E-state index contributed by atoms with van der Waals surface area (Å²) in [5.74, 6) is -0.534. The van der Waals surface area contributed by atoms with E-state index in [4.69, 9.17) is 17.3 Å². The standard InChI is InChI=1S/C13H14ClFN4O/c1-7-12(16)13(19(2)18-7)17-11(20)6-8-9(14)4-3-5-10(8)15/h3-5H,6,16H2,1-2H3,(H,17,20). The maximum absolute atomic E-state index is 13.6. The number of nitrogen functional groups attached to an aromatic ring is 1. The highest BCUT2D eigenvalue weighted by atomic mass is 35.5. The van der Waals surface area contributed by atoms with Crippen molar-refractivity contribution in [1.82, 2.24) is 9.78 Å². The SMILES string of the molecule is Cc1nn(C)c(NC(=O)Cc2c(F)cccc2Cl)c1N. The van der Waals surface area contributed by atoms with E-state index in [9.17, 15) is 9.18 Å². The van der Waals surface area contributed by atoms with E-state index in [1.807, 2.05) is 0 Å². The first-order valence-corrected chi connectivity index (χ1v) is 6.29. The van der Waals surface area contributed by atoms with Gasteiger partial charge in [0, 0.05) is 17.6 Å². The molecule has 3 N–H and O–H groups in total. The fourth-order valence-electron chi connectivity index (χ4n) is 1.86. The Morgan fingerprint density at radius 3 is 2.80 bits per heavy atom. The van der Waals surface area contributed by atoms with Gasteiger partial charge in [-0.1, -0.05) is 17.7 Å². The number of amides is 1. The Bertz CT molecular complexity index is 648. The Morgan fingerprint density at radius 2 is 2.25 bits per heavy atom. The molecule has 1 aromatic heterocycles. The first-order chi connectivity index (χ1) is 9.40. The lowest BCUT2D eigenvalue weighted by Gasteiger charge is -2.08. The molecule has 0 unspecified atom stereocenters. The average molecular weight is 297 g/mol. The van der Waals surface area contributed by atoms with Crippen LogP contribution in [0.3, 0.4) is 0 Å². The number of aromatic nitrogens is 2. The Hall–Kier alpha value is -2.08. The van der Waals surface area contributed by atoms with Crippen molar-refractivity contribution in [2.75, 3.05) is 11.1 Å². The molecule has 0 saturated heterocycles. The number of rotatable bonds is 3. The molecule has 20 heavy (non-hydrogen) atoms. The van der Waals surface area contributed by atoms with E-state index < -0.39 is 11.7 Å². The van der Waals surface area contributed by atoms with E-state index >= 15 is 0 Å². The number of carbonyl (C=O) groups is 1. The number of aryl methyl sites for hydroxylation is 2. The minimum absolute atomic E-state index is 0.157. The van der Waals surface area contributed by atoms with Crippen molar-refractivity contribution in [3.8, 4) is 0 Å². The fourth-order valence-corrected chi connectivity index (χ4v) is 2.09. The molecule has 2 aromatic rings. The third-order valence-electron chi connectivity index (χ3n) is 2.93. The smallest absolute Gasteiger partial charge is 0.230 e. The second kappa shape index (κ2) is 5.50. The molecule has 1 amide bonds. The molecule has 5 nitrogen and oxygen atoms in total. The lowest BCUT2D eigenvalue weighted by molar-refractivity contribution is -0.115. The highest BCUT2D eigenvalue weighted by Crippen LogP contribution is 2.23. The van der Waals surface area contributed by atoms with Crippen LogP contribution in [-0.4, -0.2) is 15.7 Å². The van der Waals surface area contributed by atoms with E-state index in [0.717, 1.165) is 0 Å². The van der Waals surface area contributed by atoms with Crippen LogP contribution in [0, 0.1) is 12.7 Å². The van der Waals surface area contributed by atoms with Crippen LogP contribution in [0.5, 0.6) is 0 Å². The quantitative estimate of drug-likeness (QED) is 0.912. The third kappa shape index (κ3) is 2.75. The zero-order valence-corrected chi connectivity index (χ0v) is 11.8. The molecule has 0 aliphatic rings. The van der Waals surface area contributed by atoms with E-state index in [1.54, 1.807) is 14.0 Å². The van der Waals surface area contributed by atoms with Crippen molar-refractivity contribution in [3.05, 3.63) is 40.3 Å². The van der Waals surface area contributed by atoms with Gasteiger partial charge in [0.25, 0.3) is 0 Å². The molecule has 7 heteroatoms. The maximum Gasteiger partial charge on any atom is 0.230 e. The van der Waals surface area contributed by atoms with Crippen molar-refractivity contribution in [1.29, 1.82) is 0 Å². The number of hydrogen-bond acceptors (Lipinski definition) is 3. The monoisotopic (exact) mass is 296 g/mol. The molecule has 0 aliphatic carbocycles. The van der Waals surface area contributed by atoms with E-state index in [-0.39, 0.29) is 17.0 Å². The van der Waals surface area contributed by atoms with Gasteiger partial charge in [0.15, 0.2) is 5.82 Å². The van der Waals surface area contributed by atoms with Gasteiger partial charge in [-0.3, -0.25) is 9.48 Å². The zero-order chi connectivity index (χ0) is 14.9. The van der Waals surface area contributed by atoms with E-state index in [0.29, 0.717) is 17.2 Å². The van der Waals surface area contributed by atoms with Crippen LogP contribution < -0.4 is 11.1 Å². The van der Waals surface area contributed by atoms with Gasteiger partial charge in [0.1, 0.15) is 5.82 Å². The minimum atomic E-state index is -0.512. The summed E-state index contributed by atoms with van der Waals surface area (Å²) in [6.45, 7) is 1.73.